The summed E-state index contributed by atoms with van der Waals surface area (Å²) in [5, 5.41) is 12.9. The molecule has 1 aromatic heterocycles. The van der Waals surface area contributed by atoms with Crippen molar-refractivity contribution in [2.24, 2.45) is 0 Å². The summed E-state index contributed by atoms with van der Waals surface area (Å²) >= 11 is 0. The van der Waals surface area contributed by atoms with Crippen LogP contribution in [0.3, 0.4) is 0 Å². The van der Waals surface area contributed by atoms with Crippen LogP contribution in [0.5, 0.6) is 0 Å². The van der Waals surface area contributed by atoms with E-state index in [-0.39, 0.29) is 16.8 Å². The maximum absolute atomic E-state index is 12.9. The van der Waals surface area contributed by atoms with Crippen molar-refractivity contribution < 1.29 is 27.6 Å². The van der Waals surface area contributed by atoms with E-state index in [2.05, 4.69) is 5.16 Å². The molecule has 24 heavy (non-hydrogen) atoms. The number of hydrogen-bond acceptors (Lipinski definition) is 3. The van der Waals surface area contributed by atoms with Gasteiger partial charge in [-0.05, 0) is 29.8 Å². The molecular formula is C17H10F3NO3. The van der Waals surface area contributed by atoms with Gasteiger partial charge < -0.3 is 9.63 Å². The van der Waals surface area contributed by atoms with Crippen LogP contribution in [0.4, 0.5) is 13.2 Å². The van der Waals surface area contributed by atoms with Gasteiger partial charge in [0.05, 0.1) is 11.1 Å². The van der Waals surface area contributed by atoms with E-state index in [1.54, 1.807) is 6.07 Å². The molecule has 0 radical (unpaired) electrons. The van der Waals surface area contributed by atoms with Gasteiger partial charge in [0.2, 0.25) is 0 Å². The van der Waals surface area contributed by atoms with Gasteiger partial charge in [-0.3, -0.25) is 0 Å². The largest absolute Gasteiger partial charge is 0.478 e. The number of benzene rings is 2. The highest BCUT2D eigenvalue weighted by molar-refractivity contribution is 5.90. The minimum atomic E-state index is -4.46. The molecule has 1 heterocycles. The molecule has 0 amide bonds. The summed E-state index contributed by atoms with van der Waals surface area (Å²) in [6.07, 6.45) is -3.23. The van der Waals surface area contributed by atoms with E-state index in [0.717, 1.165) is 12.1 Å². The smallest absolute Gasteiger partial charge is 0.416 e. The molecule has 3 rings (SSSR count). The molecule has 0 saturated carbocycles. The molecular weight excluding hydrogens is 323 g/mol. The van der Waals surface area contributed by atoms with Crippen LogP contribution in [0.15, 0.2) is 59.3 Å². The molecule has 2 aromatic carbocycles. The highest BCUT2D eigenvalue weighted by Gasteiger charge is 2.30. The van der Waals surface area contributed by atoms with Gasteiger partial charge in [-0.1, -0.05) is 29.4 Å². The van der Waals surface area contributed by atoms with Crippen LogP contribution in [0.1, 0.15) is 15.9 Å². The third-order valence-electron chi connectivity index (χ3n) is 3.45. The normalized spacial score (nSPS) is 11.5. The molecule has 4 nitrogen and oxygen atoms in total. The first-order chi connectivity index (χ1) is 11.4. The molecule has 0 bridgehead atoms. The Morgan fingerprint density at radius 1 is 1.04 bits per heavy atom. The Kier molecular flexibility index (Phi) is 3.84. The van der Waals surface area contributed by atoms with E-state index in [0.29, 0.717) is 11.1 Å². The number of nitrogens with zero attached hydrogens (tertiary/aromatic N) is 1. The molecule has 0 unspecified atom stereocenters. The van der Waals surface area contributed by atoms with Crippen molar-refractivity contribution in [1.82, 2.24) is 5.16 Å². The molecule has 0 aliphatic heterocycles. The van der Waals surface area contributed by atoms with Crippen molar-refractivity contribution in [2.75, 3.05) is 0 Å². The van der Waals surface area contributed by atoms with E-state index >= 15 is 0 Å². The summed E-state index contributed by atoms with van der Waals surface area (Å²) in [6.45, 7) is 0. The highest BCUT2D eigenvalue weighted by Crippen LogP contribution is 2.35. The Balaban J connectivity index is 2.09. The fraction of sp³-hybridized carbons (Fsp3) is 0.0588. The molecule has 0 fully saturated rings. The zero-order valence-corrected chi connectivity index (χ0v) is 12.0. The van der Waals surface area contributed by atoms with Gasteiger partial charge >= 0.3 is 12.1 Å². The lowest BCUT2D eigenvalue weighted by atomic mass is 9.99. The summed E-state index contributed by atoms with van der Waals surface area (Å²) in [5.74, 6) is -1.11. The van der Waals surface area contributed by atoms with E-state index < -0.39 is 17.7 Å². The lowest BCUT2D eigenvalue weighted by Gasteiger charge is -2.08. The van der Waals surface area contributed by atoms with Crippen molar-refractivity contribution in [2.45, 2.75) is 6.18 Å². The predicted molar refractivity (Wildman–Crippen MR) is 79.3 cm³/mol. The number of aromatic carboxylic acids is 1. The Morgan fingerprint density at radius 2 is 1.75 bits per heavy atom. The van der Waals surface area contributed by atoms with E-state index in [1.165, 1.54) is 36.6 Å². The number of aromatic nitrogens is 1. The number of hydrogen-bond donors (Lipinski definition) is 1. The Labute approximate surface area is 134 Å². The average Bonchev–Trinajstić information content (AvgIpc) is 3.04. The molecule has 0 aliphatic rings. The van der Waals surface area contributed by atoms with Crippen molar-refractivity contribution in [1.29, 1.82) is 0 Å². The molecule has 122 valence electrons. The van der Waals surface area contributed by atoms with Gasteiger partial charge in [-0.2, -0.15) is 13.2 Å². The number of halogens is 3. The van der Waals surface area contributed by atoms with Gasteiger partial charge in [-0.25, -0.2) is 4.79 Å². The summed E-state index contributed by atoms with van der Waals surface area (Å²) in [4.78, 5) is 11.1. The van der Waals surface area contributed by atoms with Crippen LogP contribution in [-0.4, -0.2) is 16.2 Å². The fourth-order valence-electron chi connectivity index (χ4n) is 2.31. The van der Waals surface area contributed by atoms with Crippen LogP contribution in [0, 0.1) is 0 Å². The Bertz CT molecular complexity index is 900. The van der Waals surface area contributed by atoms with E-state index in [9.17, 15) is 18.0 Å². The number of alkyl halides is 3. The maximum Gasteiger partial charge on any atom is 0.416 e. The number of rotatable bonds is 3. The average molecular weight is 333 g/mol. The second-order valence-electron chi connectivity index (χ2n) is 5.04. The van der Waals surface area contributed by atoms with Crippen LogP contribution >= 0.6 is 0 Å². The van der Waals surface area contributed by atoms with Gasteiger partial charge in [0.25, 0.3) is 0 Å². The lowest BCUT2D eigenvalue weighted by molar-refractivity contribution is -0.137. The third kappa shape index (κ3) is 3.01. The second-order valence-corrected chi connectivity index (χ2v) is 5.04. The van der Waals surface area contributed by atoms with Crippen molar-refractivity contribution in [3.8, 4) is 22.4 Å². The summed E-state index contributed by atoms with van der Waals surface area (Å²) in [7, 11) is 0. The summed E-state index contributed by atoms with van der Waals surface area (Å²) in [5.41, 5.74) is 0.607. The Morgan fingerprint density at radius 3 is 2.46 bits per heavy atom. The van der Waals surface area contributed by atoms with E-state index in [4.69, 9.17) is 9.63 Å². The van der Waals surface area contributed by atoms with Gasteiger partial charge in [0.1, 0.15) is 12.0 Å². The molecule has 0 spiro atoms. The van der Waals surface area contributed by atoms with Gasteiger partial charge in [-0.15, -0.1) is 0 Å². The minimum Gasteiger partial charge on any atom is -0.478 e. The molecule has 3 aromatic rings. The lowest BCUT2D eigenvalue weighted by Crippen LogP contribution is -2.04. The summed E-state index contributed by atoms with van der Waals surface area (Å²) in [6, 6.07) is 10.7. The maximum atomic E-state index is 12.9. The van der Waals surface area contributed by atoms with Gasteiger partial charge in [0, 0.05) is 11.1 Å². The first-order valence-electron chi connectivity index (χ1n) is 6.82. The fourth-order valence-corrected chi connectivity index (χ4v) is 2.31. The monoisotopic (exact) mass is 333 g/mol. The molecule has 0 atom stereocenters. The highest BCUT2D eigenvalue weighted by atomic mass is 19.4. The predicted octanol–water partition coefficient (Wildman–Crippen LogP) is 4.73. The number of carboxylic acids is 1. The quantitative estimate of drug-likeness (QED) is 0.753. The molecule has 7 heteroatoms. The van der Waals surface area contributed by atoms with Crippen molar-refractivity contribution in [3.05, 3.63) is 65.9 Å². The van der Waals surface area contributed by atoms with Crippen LogP contribution in [-0.2, 0) is 6.18 Å². The van der Waals surface area contributed by atoms with Crippen LogP contribution < -0.4 is 0 Å². The molecule has 0 saturated heterocycles. The van der Waals surface area contributed by atoms with Crippen LogP contribution in [0.25, 0.3) is 22.4 Å². The van der Waals surface area contributed by atoms with Crippen molar-refractivity contribution in [3.63, 3.8) is 0 Å². The molecule has 0 aliphatic carbocycles. The minimum absolute atomic E-state index is 0.0468. The second kappa shape index (κ2) is 5.84. The third-order valence-corrected chi connectivity index (χ3v) is 3.45. The summed E-state index contributed by atoms with van der Waals surface area (Å²) < 4.78 is 43.5. The SMILES string of the molecule is O=C(O)c1cccc(-c2nocc2-c2cccc(C(F)(F)F)c2)c1. The van der Waals surface area contributed by atoms with Crippen molar-refractivity contribution >= 4 is 5.97 Å². The Hall–Kier alpha value is -3.09. The van der Waals surface area contributed by atoms with Crippen LogP contribution in [0.2, 0.25) is 0 Å². The number of carbonyl (C=O) groups is 1. The zero-order valence-electron chi connectivity index (χ0n) is 12.0. The standard InChI is InChI=1S/C17H10F3NO3/c18-17(19,20)13-6-2-3-10(8-13)14-9-24-21-15(14)11-4-1-5-12(7-11)16(22)23/h1-9H,(H,22,23). The number of carboxylic acid groups (broad SMARTS) is 1. The topological polar surface area (TPSA) is 63.3 Å². The van der Waals surface area contributed by atoms with E-state index in [1.807, 2.05) is 0 Å². The first kappa shape index (κ1) is 15.8. The van der Waals surface area contributed by atoms with Gasteiger partial charge in [0.15, 0.2) is 0 Å². The molecule has 1 N–H and O–H groups in total. The first-order valence-corrected chi connectivity index (χ1v) is 6.82. The zero-order chi connectivity index (χ0) is 17.3.